The lowest BCUT2D eigenvalue weighted by Gasteiger charge is -2.12. The fourth-order valence-corrected chi connectivity index (χ4v) is 2.56. The van der Waals surface area contributed by atoms with E-state index in [1.165, 1.54) is 0 Å². The summed E-state index contributed by atoms with van der Waals surface area (Å²) >= 11 is 0. The van der Waals surface area contributed by atoms with Gasteiger partial charge in [0.05, 0.1) is 0 Å². The number of rotatable bonds is 2. The Labute approximate surface area is 129 Å². The lowest BCUT2D eigenvalue weighted by Crippen LogP contribution is -2.13. The van der Waals surface area contributed by atoms with E-state index in [0.717, 1.165) is 22.2 Å². The van der Waals surface area contributed by atoms with Gasteiger partial charge in [0.1, 0.15) is 5.75 Å². The third-order valence-corrected chi connectivity index (χ3v) is 4.00. The molecular weight excluding hydrogens is 274 g/mol. The Kier molecular flexibility index (Phi) is 3.55. The smallest absolute Gasteiger partial charge is 0.256 e. The molecule has 1 amide bonds. The van der Waals surface area contributed by atoms with E-state index in [2.05, 4.69) is 5.32 Å². The first-order valence-electron chi connectivity index (χ1n) is 7.16. The molecule has 0 unspecified atom stereocenters. The standard InChI is InChI=1S/C19H17NO2/c1-12-6-5-9-17(13(12)2)20-19(22)16-10-11-18(21)15-8-4-3-7-14(15)16/h3-11,21H,1-2H3,(H,20,22). The Morgan fingerprint density at radius 1 is 0.909 bits per heavy atom. The average molecular weight is 291 g/mol. The van der Waals surface area contributed by atoms with Gasteiger partial charge < -0.3 is 10.4 Å². The summed E-state index contributed by atoms with van der Waals surface area (Å²) in [7, 11) is 0. The number of phenols is 1. The Balaban J connectivity index is 2.03. The molecule has 0 heterocycles. The number of aromatic hydroxyl groups is 1. The van der Waals surface area contributed by atoms with Gasteiger partial charge in [-0.15, -0.1) is 0 Å². The van der Waals surface area contributed by atoms with Gasteiger partial charge in [-0.1, -0.05) is 36.4 Å². The zero-order valence-electron chi connectivity index (χ0n) is 12.6. The molecule has 0 spiro atoms. The van der Waals surface area contributed by atoms with Crippen LogP contribution in [0.5, 0.6) is 5.75 Å². The maximum absolute atomic E-state index is 12.6. The van der Waals surface area contributed by atoms with Gasteiger partial charge >= 0.3 is 0 Å². The Morgan fingerprint density at radius 3 is 2.41 bits per heavy atom. The summed E-state index contributed by atoms with van der Waals surface area (Å²) in [6, 6.07) is 16.4. The quantitative estimate of drug-likeness (QED) is 0.734. The van der Waals surface area contributed by atoms with E-state index in [1.807, 2.05) is 50.2 Å². The van der Waals surface area contributed by atoms with Gasteiger partial charge in [-0.25, -0.2) is 0 Å². The van der Waals surface area contributed by atoms with Crippen molar-refractivity contribution in [3.63, 3.8) is 0 Å². The number of anilines is 1. The van der Waals surface area contributed by atoms with E-state index in [0.29, 0.717) is 10.9 Å². The van der Waals surface area contributed by atoms with Crippen LogP contribution in [0.15, 0.2) is 54.6 Å². The van der Waals surface area contributed by atoms with Crippen molar-refractivity contribution < 1.29 is 9.90 Å². The second kappa shape index (κ2) is 5.53. The van der Waals surface area contributed by atoms with Crippen molar-refractivity contribution >= 4 is 22.4 Å². The van der Waals surface area contributed by atoms with Gasteiger partial charge in [-0.05, 0) is 48.6 Å². The van der Waals surface area contributed by atoms with E-state index < -0.39 is 0 Å². The summed E-state index contributed by atoms with van der Waals surface area (Å²) in [5, 5.41) is 14.3. The average Bonchev–Trinajstić information content (AvgIpc) is 2.52. The fourth-order valence-electron chi connectivity index (χ4n) is 2.56. The predicted molar refractivity (Wildman–Crippen MR) is 89.5 cm³/mol. The summed E-state index contributed by atoms with van der Waals surface area (Å²) in [5.41, 5.74) is 3.55. The van der Waals surface area contributed by atoms with Gasteiger partial charge in [0.25, 0.3) is 5.91 Å². The van der Waals surface area contributed by atoms with Gasteiger partial charge in [0, 0.05) is 16.6 Å². The van der Waals surface area contributed by atoms with Crippen LogP contribution in [-0.4, -0.2) is 11.0 Å². The van der Waals surface area contributed by atoms with Gasteiger partial charge in [-0.2, -0.15) is 0 Å². The minimum absolute atomic E-state index is 0.176. The van der Waals surface area contributed by atoms with Crippen molar-refractivity contribution in [2.45, 2.75) is 13.8 Å². The zero-order chi connectivity index (χ0) is 15.7. The van der Waals surface area contributed by atoms with Crippen molar-refractivity contribution in [1.29, 1.82) is 0 Å². The molecule has 0 bridgehead atoms. The highest BCUT2D eigenvalue weighted by atomic mass is 16.3. The maximum atomic E-state index is 12.6. The molecule has 3 nitrogen and oxygen atoms in total. The highest BCUT2D eigenvalue weighted by molar-refractivity contribution is 6.14. The van der Waals surface area contributed by atoms with Crippen LogP contribution >= 0.6 is 0 Å². The Hall–Kier alpha value is -2.81. The number of phenolic OH excluding ortho intramolecular Hbond substituents is 1. The molecule has 0 saturated heterocycles. The molecule has 3 rings (SSSR count). The van der Waals surface area contributed by atoms with Crippen molar-refractivity contribution in [3.05, 3.63) is 71.3 Å². The molecule has 0 radical (unpaired) electrons. The SMILES string of the molecule is Cc1cccc(NC(=O)c2ccc(O)c3ccccc23)c1C. The summed E-state index contributed by atoms with van der Waals surface area (Å²) in [6.07, 6.45) is 0. The molecule has 0 aliphatic rings. The Bertz CT molecular complexity index is 868. The molecule has 3 heteroatoms. The van der Waals surface area contributed by atoms with Crippen LogP contribution < -0.4 is 5.32 Å². The molecule has 0 aromatic heterocycles. The van der Waals surface area contributed by atoms with Crippen molar-refractivity contribution in [2.75, 3.05) is 5.32 Å². The Morgan fingerprint density at radius 2 is 1.64 bits per heavy atom. The van der Waals surface area contributed by atoms with Crippen LogP contribution in [0.2, 0.25) is 0 Å². The molecule has 3 aromatic rings. The van der Waals surface area contributed by atoms with Crippen LogP contribution in [0, 0.1) is 13.8 Å². The van der Waals surface area contributed by atoms with E-state index in [4.69, 9.17) is 0 Å². The predicted octanol–water partition coefficient (Wildman–Crippen LogP) is 4.41. The van der Waals surface area contributed by atoms with E-state index in [9.17, 15) is 9.90 Å². The molecular formula is C19H17NO2. The summed E-state index contributed by atoms with van der Waals surface area (Å²) in [5.74, 6) is 0.00351. The highest BCUT2D eigenvalue weighted by Crippen LogP contribution is 2.28. The third-order valence-electron chi connectivity index (χ3n) is 4.00. The third kappa shape index (κ3) is 2.42. The number of benzene rings is 3. The van der Waals surface area contributed by atoms with E-state index in [1.54, 1.807) is 18.2 Å². The molecule has 2 N–H and O–H groups in total. The number of hydrogen-bond acceptors (Lipinski definition) is 2. The monoisotopic (exact) mass is 291 g/mol. The minimum Gasteiger partial charge on any atom is -0.507 e. The molecule has 0 saturated carbocycles. The van der Waals surface area contributed by atoms with Gasteiger partial charge in [-0.3, -0.25) is 4.79 Å². The zero-order valence-corrected chi connectivity index (χ0v) is 12.6. The van der Waals surface area contributed by atoms with Crippen LogP contribution in [0.1, 0.15) is 21.5 Å². The summed E-state index contributed by atoms with van der Waals surface area (Å²) in [6.45, 7) is 4.00. The van der Waals surface area contributed by atoms with Crippen LogP contribution in [-0.2, 0) is 0 Å². The number of amides is 1. The number of carbonyl (C=O) groups excluding carboxylic acids is 1. The van der Waals surface area contributed by atoms with E-state index in [-0.39, 0.29) is 11.7 Å². The van der Waals surface area contributed by atoms with Gasteiger partial charge in [0.2, 0.25) is 0 Å². The lowest BCUT2D eigenvalue weighted by molar-refractivity contribution is 0.102. The second-order valence-corrected chi connectivity index (χ2v) is 5.38. The molecule has 0 fully saturated rings. The van der Waals surface area contributed by atoms with E-state index >= 15 is 0 Å². The second-order valence-electron chi connectivity index (χ2n) is 5.38. The lowest BCUT2D eigenvalue weighted by atomic mass is 10.0. The topological polar surface area (TPSA) is 49.3 Å². The van der Waals surface area contributed by atoms with Crippen LogP contribution in [0.3, 0.4) is 0 Å². The number of aryl methyl sites for hydroxylation is 1. The highest BCUT2D eigenvalue weighted by Gasteiger charge is 2.13. The maximum Gasteiger partial charge on any atom is 0.256 e. The van der Waals surface area contributed by atoms with Crippen molar-refractivity contribution in [2.24, 2.45) is 0 Å². The summed E-state index contributed by atoms with van der Waals surface area (Å²) < 4.78 is 0. The van der Waals surface area contributed by atoms with Crippen molar-refractivity contribution in [3.8, 4) is 5.75 Å². The summed E-state index contributed by atoms with van der Waals surface area (Å²) in [4.78, 5) is 12.6. The largest absolute Gasteiger partial charge is 0.507 e. The normalized spacial score (nSPS) is 10.6. The first kappa shape index (κ1) is 14.1. The number of carbonyl (C=O) groups is 1. The number of nitrogens with one attached hydrogen (secondary N) is 1. The number of hydrogen-bond donors (Lipinski definition) is 2. The first-order chi connectivity index (χ1) is 10.6. The van der Waals surface area contributed by atoms with Crippen LogP contribution in [0.25, 0.3) is 10.8 Å². The fraction of sp³-hybridized carbons (Fsp3) is 0.105. The number of fused-ring (bicyclic) bond motifs is 1. The first-order valence-corrected chi connectivity index (χ1v) is 7.16. The van der Waals surface area contributed by atoms with Crippen LogP contribution in [0.4, 0.5) is 5.69 Å². The van der Waals surface area contributed by atoms with Gasteiger partial charge in [0.15, 0.2) is 0 Å². The molecule has 0 atom stereocenters. The molecule has 22 heavy (non-hydrogen) atoms. The molecule has 3 aromatic carbocycles. The molecule has 0 aliphatic carbocycles. The molecule has 110 valence electrons. The molecule has 0 aliphatic heterocycles. The van der Waals surface area contributed by atoms with Crippen molar-refractivity contribution in [1.82, 2.24) is 0 Å². The minimum atomic E-state index is -0.176.